The Kier molecular flexibility index (Phi) is 5.72. The number of rotatable bonds is 5. The highest BCUT2D eigenvalue weighted by Crippen LogP contribution is 2.30. The number of fused-ring (bicyclic) bond motifs is 1. The molecule has 1 N–H and O–H groups in total. The third-order valence-electron chi connectivity index (χ3n) is 3.87. The number of hydrogen-bond acceptors (Lipinski definition) is 4. The number of ether oxygens (including phenoxy) is 1. The van der Waals surface area contributed by atoms with E-state index in [1.54, 1.807) is 18.2 Å². The first-order valence-electron chi connectivity index (χ1n) is 8.57. The lowest BCUT2D eigenvalue weighted by molar-refractivity contribution is -0.124. The van der Waals surface area contributed by atoms with E-state index in [-0.39, 0.29) is 18.6 Å². The van der Waals surface area contributed by atoms with Crippen LogP contribution in [0.2, 0.25) is 5.02 Å². The van der Waals surface area contributed by atoms with Crippen LogP contribution >= 0.6 is 11.6 Å². The Labute approximate surface area is 162 Å². The summed E-state index contributed by atoms with van der Waals surface area (Å²) in [6.45, 7) is 3.34. The van der Waals surface area contributed by atoms with E-state index in [1.165, 1.54) is 0 Å². The number of hydrogen-bond donors (Lipinski definition) is 1. The van der Waals surface area contributed by atoms with Gasteiger partial charge < -0.3 is 10.1 Å². The number of aromatic nitrogens is 1. The first-order valence-corrected chi connectivity index (χ1v) is 8.94. The number of nitrogens with zero attached hydrogens (tertiary/aromatic N) is 1. The van der Waals surface area contributed by atoms with Crippen LogP contribution in [-0.4, -0.2) is 29.5 Å². The van der Waals surface area contributed by atoms with E-state index in [0.29, 0.717) is 27.2 Å². The summed E-state index contributed by atoms with van der Waals surface area (Å²) >= 11 is 6.28. The zero-order chi connectivity index (χ0) is 19.4. The Morgan fingerprint density at radius 3 is 2.56 bits per heavy atom. The molecule has 1 heterocycles. The maximum absolute atomic E-state index is 12.7. The topological polar surface area (TPSA) is 68.3 Å². The summed E-state index contributed by atoms with van der Waals surface area (Å²) in [5.41, 5.74) is 2.27. The average Bonchev–Trinajstić information content (AvgIpc) is 2.65. The normalized spacial score (nSPS) is 10.8. The van der Waals surface area contributed by atoms with Gasteiger partial charge in [-0.05, 0) is 32.0 Å². The molecule has 0 aliphatic heterocycles. The first-order chi connectivity index (χ1) is 13.0. The minimum Gasteiger partial charge on any atom is -0.452 e. The quantitative estimate of drug-likeness (QED) is 0.670. The Morgan fingerprint density at radius 2 is 1.81 bits per heavy atom. The molecule has 0 saturated heterocycles. The summed E-state index contributed by atoms with van der Waals surface area (Å²) in [5.74, 6) is -0.927. The molecule has 0 unspecified atom stereocenters. The van der Waals surface area contributed by atoms with Gasteiger partial charge in [0.2, 0.25) is 0 Å². The lowest BCUT2D eigenvalue weighted by Gasteiger charge is -2.12. The maximum Gasteiger partial charge on any atom is 0.339 e. The van der Waals surface area contributed by atoms with Gasteiger partial charge in [0.25, 0.3) is 5.91 Å². The predicted octanol–water partition coefficient (Wildman–Crippen LogP) is 4.24. The van der Waals surface area contributed by atoms with E-state index < -0.39 is 5.97 Å². The molecule has 27 heavy (non-hydrogen) atoms. The highest BCUT2D eigenvalue weighted by atomic mass is 35.5. The number of pyridine rings is 1. The van der Waals surface area contributed by atoms with E-state index in [9.17, 15) is 9.59 Å². The highest BCUT2D eigenvalue weighted by Gasteiger charge is 2.17. The van der Waals surface area contributed by atoms with Crippen LogP contribution in [0.4, 0.5) is 0 Å². The number of para-hydroxylation sites is 1. The van der Waals surface area contributed by atoms with Gasteiger partial charge in [0, 0.05) is 22.0 Å². The highest BCUT2D eigenvalue weighted by molar-refractivity contribution is 6.33. The largest absolute Gasteiger partial charge is 0.452 e. The average molecular weight is 383 g/mol. The number of carbonyl (C=O) groups excluding carboxylic acids is 2. The van der Waals surface area contributed by atoms with Gasteiger partial charge in [0.1, 0.15) is 0 Å². The lowest BCUT2D eigenvalue weighted by Crippen LogP contribution is -2.34. The molecule has 0 atom stereocenters. The molecule has 3 rings (SSSR count). The van der Waals surface area contributed by atoms with Crippen LogP contribution in [-0.2, 0) is 9.53 Å². The van der Waals surface area contributed by atoms with Crippen molar-refractivity contribution in [2.45, 2.75) is 19.9 Å². The maximum atomic E-state index is 12.7. The number of carbonyl (C=O) groups is 2. The molecule has 6 heteroatoms. The molecule has 1 aromatic heterocycles. The van der Waals surface area contributed by atoms with Crippen molar-refractivity contribution >= 4 is 34.4 Å². The molecule has 0 aliphatic carbocycles. The Bertz CT molecular complexity index is 1000. The van der Waals surface area contributed by atoms with Crippen molar-refractivity contribution in [3.8, 4) is 11.3 Å². The number of nitrogens with one attached hydrogen (secondary N) is 1. The van der Waals surface area contributed by atoms with Gasteiger partial charge in [-0.2, -0.15) is 0 Å². The third kappa shape index (κ3) is 4.44. The fraction of sp³-hybridized carbons (Fsp3) is 0.190. The molecule has 5 nitrogen and oxygen atoms in total. The number of esters is 1. The summed E-state index contributed by atoms with van der Waals surface area (Å²) in [4.78, 5) is 29.0. The van der Waals surface area contributed by atoms with Gasteiger partial charge in [0.15, 0.2) is 6.61 Å². The zero-order valence-corrected chi connectivity index (χ0v) is 15.8. The second-order valence-corrected chi connectivity index (χ2v) is 6.76. The van der Waals surface area contributed by atoms with Crippen molar-refractivity contribution in [1.29, 1.82) is 0 Å². The molecule has 0 saturated carbocycles. The van der Waals surface area contributed by atoms with Gasteiger partial charge in [-0.3, -0.25) is 4.79 Å². The molecule has 0 fully saturated rings. The smallest absolute Gasteiger partial charge is 0.339 e. The van der Waals surface area contributed by atoms with Crippen molar-refractivity contribution in [1.82, 2.24) is 10.3 Å². The van der Waals surface area contributed by atoms with Crippen molar-refractivity contribution < 1.29 is 14.3 Å². The zero-order valence-electron chi connectivity index (χ0n) is 15.0. The lowest BCUT2D eigenvalue weighted by atomic mass is 10.0. The van der Waals surface area contributed by atoms with Gasteiger partial charge in [-0.1, -0.05) is 48.0 Å². The summed E-state index contributed by atoms with van der Waals surface area (Å²) < 4.78 is 5.21. The molecule has 0 spiro atoms. The SMILES string of the molecule is CC(C)NC(=O)COC(=O)c1cc(-c2ccccc2Cl)nc2ccccc12. The molecule has 138 valence electrons. The monoisotopic (exact) mass is 382 g/mol. The van der Waals surface area contributed by atoms with Crippen LogP contribution in [0.5, 0.6) is 0 Å². The van der Waals surface area contributed by atoms with E-state index in [2.05, 4.69) is 10.3 Å². The molecule has 1 amide bonds. The van der Waals surface area contributed by atoms with Crippen LogP contribution in [0.1, 0.15) is 24.2 Å². The molecule has 3 aromatic rings. The van der Waals surface area contributed by atoms with Gasteiger partial charge in [0.05, 0.1) is 16.8 Å². The van der Waals surface area contributed by atoms with E-state index in [4.69, 9.17) is 16.3 Å². The van der Waals surface area contributed by atoms with Crippen molar-refractivity contribution in [2.75, 3.05) is 6.61 Å². The molecule has 0 bridgehead atoms. The fourth-order valence-electron chi connectivity index (χ4n) is 2.72. The second-order valence-electron chi connectivity index (χ2n) is 6.35. The summed E-state index contributed by atoms with van der Waals surface area (Å²) in [6, 6.07) is 16.2. The first kappa shape index (κ1) is 18.9. The predicted molar refractivity (Wildman–Crippen MR) is 106 cm³/mol. The van der Waals surface area contributed by atoms with Crippen LogP contribution in [0.15, 0.2) is 54.6 Å². The van der Waals surface area contributed by atoms with Crippen LogP contribution in [0.3, 0.4) is 0 Å². The van der Waals surface area contributed by atoms with E-state index >= 15 is 0 Å². The molecular formula is C21H19ClN2O3. The minimum atomic E-state index is -0.583. The molecule has 0 radical (unpaired) electrons. The van der Waals surface area contributed by atoms with Crippen molar-refractivity contribution in [3.05, 3.63) is 65.2 Å². The second kappa shape index (κ2) is 8.18. The van der Waals surface area contributed by atoms with Gasteiger partial charge >= 0.3 is 5.97 Å². The molecule has 0 aliphatic rings. The fourth-order valence-corrected chi connectivity index (χ4v) is 2.96. The van der Waals surface area contributed by atoms with Crippen LogP contribution in [0.25, 0.3) is 22.2 Å². The van der Waals surface area contributed by atoms with E-state index in [0.717, 1.165) is 5.56 Å². The Morgan fingerprint density at radius 1 is 1.11 bits per heavy atom. The summed E-state index contributed by atoms with van der Waals surface area (Å²) in [6.07, 6.45) is 0. The Hall–Kier alpha value is -2.92. The van der Waals surface area contributed by atoms with Crippen LogP contribution < -0.4 is 5.32 Å². The van der Waals surface area contributed by atoms with Gasteiger partial charge in [-0.15, -0.1) is 0 Å². The standard InChI is InChI=1S/C21H19ClN2O3/c1-13(2)23-20(25)12-27-21(26)16-11-19(15-8-3-5-9-17(15)22)24-18-10-6-4-7-14(16)18/h3-11,13H,12H2,1-2H3,(H,23,25). The summed E-state index contributed by atoms with van der Waals surface area (Å²) in [5, 5.41) is 3.88. The molecular weight excluding hydrogens is 364 g/mol. The number of amides is 1. The van der Waals surface area contributed by atoms with Crippen molar-refractivity contribution in [3.63, 3.8) is 0 Å². The van der Waals surface area contributed by atoms with Crippen LogP contribution in [0, 0.1) is 0 Å². The number of benzene rings is 2. The minimum absolute atomic E-state index is 0.0233. The van der Waals surface area contributed by atoms with E-state index in [1.807, 2.05) is 50.2 Å². The summed E-state index contributed by atoms with van der Waals surface area (Å²) in [7, 11) is 0. The molecule has 2 aromatic carbocycles. The van der Waals surface area contributed by atoms with Gasteiger partial charge in [-0.25, -0.2) is 9.78 Å². The Balaban J connectivity index is 1.97. The number of halogens is 1. The van der Waals surface area contributed by atoms with Crippen molar-refractivity contribution in [2.24, 2.45) is 0 Å². The third-order valence-corrected chi connectivity index (χ3v) is 4.20.